The largest absolute Gasteiger partial charge is 0.478 e. The number of hydrogen-bond acceptors (Lipinski definition) is 3. The molecule has 0 unspecified atom stereocenters. The van der Waals surface area contributed by atoms with Crippen LogP contribution in [0, 0.1) is 6.92 Å². The summed E-state index contributed by atoms with van der Waals surface area (Å²) in [4.78, 5) is 10.5. The number of aliphatic carboxylic acids is 1. The maximum Gasteiger partial charge on any atom is 0.328 e. The van der Waals surface area contributed by atoms with Crippen LogP contribution in [0.5, 0.6) is 0 Å². The fourth-order valence-electron chi connectivity index (χ4n) is 1.43. The highest BCUT2D eigenvalue weighted by Gasteiger charge is 2.08. The standard InChI is InChI=1S/C12H16N2O4S/c1-3-13-19(17,18)14-11-6-4-9(2)10(8-11)5-7-12(15)16/h4-8,13-14H,3H2,1-2H3,(H,15,16)/b7-5+. The van der Waals surface area contributed by atoms with Gasteiger partial charge in [0.15, 0.2) is 0 Å². The molecule has 0 amide bonds. The third-order valence-electron chi connectivity index (χ3n) is 2.27. The summed E-state index contributed by atoms with van der Waals surface area (Å²) in [6.07, 6.45) is 2.42. The summed E-state index contributed by atoms with van der Waals surface area (Å²) in [5.41, 5.74) is 1.86. The number of aryl methyl sites for hydroxylation is 1. The van der Waals surface area contributed by atoms with E-state index in [1.807, 2.05) is 6.92 Å². The van der Waals surface area contributed by atoms with Crippen molar-refractivity contribution in [1.82, 2.24) is 4.72 Å². The van der Waals surface area contributed by atoms with Crippen molar-refractivity contribution in [2.45, 2.75) is 13.8 Å². The maximum absolute atomic E-state index is 11.5. The lowest BCUT2D eigenvalue weighted by Crippen LogP contribution is -2.29. The molecule has 6 nitrogen and oxygen atoms in total. The summed E-state index contributed by atoms with van der Waals surface area (Å²) in [7, 11) is -3.59. The summed E-state index contributed by atoms with van der Waals surface area (Å²) in [6.45, 7) is 3.77. The molecule has 1 aromatic rings. The molecule has 1 rings (SSSR count). The van der Waals surface area contributed by atoms with E-state index in [9.17, 15) is 13.2 Å². The molecule has 3 N–H and O–H groups in total. The predicted octanol–water partition coefficient (Wildman–Crippen LogP) is 1.36. The van der Waals surface area contributed by atoms with E-state index in [4.69, 9.17) is 5.11 Å². The van der Waals surface area contributed by atoms with Gasteiger partial charge in [-0.15, -0.1) is 0 Å². The van der Waals surface area contributed by atoms with Gasteiger partial charge in [0.05, 0.1) is 5.69 Å². The van der Waals surface area contributed by atoms with Crippen LogP contribution in [0.2, 0.25) is 0 Å². The van der Waals surface area contributed by atoms with Gasteiger partial charge in [0.2, 0.25) is 0 Å². The van der Waals surface area contributed by atoms with Crippen molar-refractivity contribution in [3.05, 3.63) is 35.4 Å². The van der Waals surface area contributed by atoms with Gasteiger partial charge in [0.25, 0.3) is 10.2 Å². The topological polar surface area (TPSA) is 95.5 Å². The van der Waals surface area contributed by atoms with Crippen molar-refractivity contribution in [2.24, 2.45) is 0 Å². The second-order valence-electron chi connectivity index (χ2n) is 3.85. The Bertz CT molecular complexity index is 594. The van der Waals surface area contributed by atoms with Crippen molar-refractivity contribution < 1.29 is 18.3 Å². The molecule has 0 aliphatic rings. The van der Waals surface area contributed by atoms with Crippen LogP contribution in [0.15, 0.2) is 24.3 Å². The van der Waals surface area contributed by atoms with Crippen molar-refractivity contribution in [1.29, 1.82) is 0 Å². The fraction of sp³-hybridized carbons (Fsp3) is 0.250. The van der Waals surface area contributed by atoms with Gasteiger partial charge in [-0.2, -0.15) is 13.1 Å². The number of carboxylic acid groups (broad SMARTS) is 1. The van der Waals surface area contributed by atoms with E-state index in [0.29, 0.717) is 11.3 Å². The Kier molecular flexibility index (Phi) is 5.08. The lowest BCUT2D eigenvalue weighted by molar-refractivity contribution is -0.131. The van der Waals surface area contributed by atoms with Crippen LogP contribution in [-0.2, 0) is 15.0 Å². The lowest BCUT2D eigenvalue weighted by atomic mass is 10.1. The molecule has 0 fully saturated rings. The first-order valence-electron chi connectivity index (χ1n) is 5.63. The third-order valence-corrected chi connectivity index (χ3v) is 3.44. The first-order valence-corrected chi connectivity index (χ1v) is 7.11. The van der Waals surface area contributed by atoms with E-state index in [1.165, 1.54) is 6.08 Å². The third kappa shape index (κ3) is 5.11. The molecular formula is C12H16N2O4S. The minimum Gasteiger partial charge on any atom is -0.478 e. The zero-order chi connectivity index (χ0) is 14.5. The quantitative estimate of drug-likeness (QED) is 0.687. The molecule has 0 aliphatic carbocycles. The number of anilines is 1. The summed E-state index contributed by atoms with van der Waals surface area (Å²) in [5.74, 6) is -1.06. The zero-order valence-electron chi connectivity index (χ0n) is 10.7. The van der Waals surface area contributed by atoms with E-state index in [-0.39, 0.29) is 6.54 Å². The second-order valence-corrected chi connectivity index (χ2v) is 5.35. The Hall–Kier alpha value is -1.86. The van der Waals surface area contributed by atoms with Crippen LogP contribution in [0.1, 0.15) is 18.1 Å². The summed E-state index contributed by atoms with van der Waals surface area (Å²) >= 11 is 0. The number of hydrogen-bond donors (Lipinski definition) is 3. The molecule has 19 heavy (non-hydrogen) atoms. The second kappa shape index (κ2) is 6.35. The van der Waals surface area contributed by atoms with Gasteiger partial charge in [-0.1, -0.05) is 13.0 Å². The molecule has 0 spiro atoms. The molecule has 7 heteroatoms. The van der Waals surface area contributed by atoms with Gasteiger partial charge in [0.1, 0.15) is 0 Å². The van der Waals surface area contributed by atoms with Crippen molar-refractivity contribution >= 4 is 27.9 Å². The number of carboxylic acids is 1. The molecule has 0 saturated carbocycles. The van der Waals surface area contributed by atoms with Gasteiger partial charge < -0.3 is 5.11 Å². The van der Waals surface area contributed by atoms with Crippen molar-refractivity contribution in [3.63, 3.8) is 0 Å². The number of nitrogens with one attached hydrogen (secondary N) is 2. The smallest absolute Gasteiger partial charge is 0.328 e. The minimum absolute atomic E-state index is 0.285. The number of carbonyl (C=O) groups is 1. The number of benzene rings is 1. The summed E-state index contributed by atoms with van der Waals surface area (Å²) in [6, 6.07) is 4.90. The Morgan fingerprint density at radius 2 is 2.11 bits per heavy atom. The van der Waals surface area contributed by atoms with Crippen LogP contribution in [0.3, 0.4) is 0 Å². The summed E-state index contributed by atoms with van der Waals surface area (Å²) < 4.78 is 27.7. The highest BCUT2D eigenvalue weighted by atomic mass is 32.2. The maximum atomic E-state index is 11.5. The highest BCUT2D eigenvalue weighted by molar-refractivity contribution is 7.90. The monoisotopic (exact) mass is 284 g/mol. The first kappa shape index (κ1) is 15.2. The van der Waals surface area contributed by atoms with Crippen LogP contribution < -0.4 is 9.44 Å². The van der Waals surface area contributed by atoms with Crippen LogP contribution in [0.4, 0.5) is 5.69 Å². The normalized spacial score (nSPS) is 11.7. The molecule has 104 valence electrons. The van der Waals surface area contributed by atoms with Gasteiger partial charge >= 0.3 is 5.97 Å². The Labute approximate surface area is 112 Å². The van der Waals surface area contributed by atoms with Crippen LogP contribution in [0.25, 0.3) is 6.08 Å². The summed E-state index contributed by atoms with van der Waals surface area (Å²) in [5, 5.41) is 8.58. The highest BCUT2D eigenvalue weighted by Crippen LogP contribution is 2.17. The van der Waals surface area contributed by atoms with E-state index < -0.39 is 16.2 Å². The van der Waals surface area contributed by atoms with Gasteiger partial charge in [-0.25, -0.2) is 4.79 Å². The van der Waals surface area contributed by atoms with Crippen LogP contribution in [-0.4, -0.2) is 26.0 Å². The van der Waals surface area contributed by atoms with E-state index >= 15 is 0 Å². The SMILES string of the molecule is CCNS(=O)(=O)Nc1ccc(C)c(/C=C/C(=O)O)c1. The molecule has 0 bridgehead atoms. The van der Waals surface area contributed by atoms with Gasteiger partial charge in [0, 0.05) is 12.6 Å². The number of rotatable bonds is 6. The molecule has 0 atom stereocenters. The van der Waals surface area contributed by atoms with E-state index in [2.05, 4.69) is 9.44 Å². The molecule has 0 radical (unpaired) electrons. The molecule has 0 aromatic heterocycles. The molecule has 0 saturated heterocycles. The average molecular weight is 284 g/mol. The molecular weight excluding hydrogens is 268 g/mol. The average Bonchev–Trinajstić information content (AvgIpc) is 2.29. The predicted molar refractivity (Wildman–Crippen MR) is 74.1 cm³/mol. The minimum atomic E-state index is -3.59. The Morgan fingerprint density at radius 3 is 2.68 bits per heavy atom. The Balaban J connectivity index is 2.99. The molecule has 1 aromatic carbocycles. The zero-order valence-corrected chi connectivity index (χ0v) is 11.5. The molecule has 0 heterocycles. The van der Waals surface area contributed by atoms with Crippen molar-refractivity contribution in [2.75, 3.05) is 11.3 Å². The Morgan fingerprint density at radius 1 is 1.42 bits per heavy atom. The molecule has 0 aliphatic heterocycles. The van der Waals surface area contributed by atoms with Crippen molar-refractivity contribution in [3.8, 4) is 0 Å². The first-order chi connectivity index (χ1) is 8.84. The van der Waals surface area contributed by atoms with Gasteiger partial charge in [-0.3, -0.25) is 4.72 Å². The van der Waals surface area contributed by atoms with Gasteiger partial charge in [-0.05, 0) is 36.3 Å². The fourth-order valence-corrected chi connectivity index (χ4v) is 2.32. The van der Waals surface area contributed by atoms with E-state index in [1.54, 1.807) is 25.1 Å². The van der Waals surface area contributed by atoms with Crippen LogP contribution >= 0.6 is 0 Å². The lowest BCUT2D eigenvalue weighted by Gasteiger charge is -2.09. The van der Waals surface area contributed by atoms with E-state index in [0.717, 1.165) is 11.6 Å².